The number of carbonyl (C=O) groups is 1. The summed E-state index contributed by atoms with van der Waals surface area (Å²) in [5.41, 5.74) is 1.81. The Hall–Kier alpha value is -2.07. The molecule has 104 valence electrons. The van der Waals surface area contributed by atoms with Gasteiger partial charge >= 0.3 is 0 Å². The van der Waals surface area contributed by atoms with Crippen LogP contribution in [0.3, 0.4) is 0 Å². The monoisotopic (exact) mass is 291 g/mol. The van der Waals surface area contributed by atoms with Crippen LogP contribution in [0.1, 0.15) is 11.3 Å². The molecule has 0 saturated carbocycles. The van der Waals surface area contributed by atoms with E-state index in [1.165, 1.54) is 6.07 Å². The van der Waals surface area contributed by atoms with E-state index >= 15 is 0 Å². The first-order chi connectivity index (χ1) is 9.51. The van der Waals surface area contributed by atoms with Crippen LogP contribution in [0.4, 0.5) is 0 Å². The molecule has 1 aromatic heterocycles. The van der Waals surface area contributed by atoms with Crippen molar-refractivity contribution in [2.75, 3.05) is 7.11 Å². The number of halogens is 1. The van der Waals surface area contributed by atoms with Crippen LogP contribution in [0.5, 0.6) is 5.75 Å². The second-order valence-electron chi connectivity index (χ2n) is 4.41. The van der Waals surface area contributed by atoms with Gasteiger partial charge in [-0.1, -0.05) is 6.07 Å². The van der Waals surface area contributed by atoms with Gasteiger partial charge in [0.2, 0.25) is 5.24 Å². The average Bonchev–Trinajstić information content (AvgIpc) is 2.41. The van der Waals surface area contributed by atoms with E-state index in [0.717, 1.165) is 17.1 Å². The Balaban J connectivity index is 2.55. The first kappa shape index (κ1) is 14.3. The molecule has 0 N–H and O–H groups in total. The van der Waals surface area contributed by atoms with Crippen LogP contribution in [0.25, 0.3) is 5.69 Å². The molecule has 2 aromatic rings. The summed E-state index contributed by atoms with van der Waals surface area (Å²) in [6.45, 7) is 1.83. The third kappa shape index (κ3) is 3.08. The highest BCUT2D eigenvalue weighted by Crippen LogP contribution is 2.18. The molecule has 0 amide bonds. The predicted molar refractivity (Wildman–Crippen MR) is 77.9 cm³/mol. The van der Waals surface area contributed by atoms with E-state index in [-0.39, 0.29) is 11.8 Å². The number of carbonyl (C=O) groups excluding carboxylic acids is 1. The molecule has 0 bridgehead atoms. The molecule has 0 atom stereocenters. The smallest absolute Gasteiger partial charge is 0.226 e. The summed E-state index contributed by atoms with van der Waals surface area (Å²) in [7, 11) is 1.59. The molecule has 0 radical (unpaired) electrons. The molecule has 0 unspecified atom stereocenters. The first-order valence-electron chi connectivity index (χ1n) is 6.06. The SMILES string of the molecule is COc1cccc(-n2cc(CC(=O)Cl)c(=O)cc2C)c1. The predicted octanol–water partition coefficient (Wildman–Crippen LogP) is 2.46. The van der Waals surface area contributed by atoms with Gasteiger partial charge in [0.15, 0.2) is 5.43 Å². The van der Waals surface area contributed by atoms with Gasteiger partial charge in [-0.25, -0.2) is 0 Å². The molecule has 1 aromatic carbocycles. The number of rotatable bonds is 4. The number of aryl methyl sites for hydroxylation is 1. The number of aromatic nitrogens is 1. The molecule has 0 fully saturated rings. The van der Waals surface area contributed by atoms with Crippen molar-refractivity contribution in [2.24, 2.45) is 0 Å². The van der Waals surface area contributed by atoms with Crippen LogP contribution >= 0.6 is 11.6 Å². The van der Waals surface area contributed by atoms with Crippen LogP contribution in [0, 0.1) is 6.92 Å². The standard InChI is InChI=1S/C15H14ClNO3/c1-10-6-14(18)11(7-15(16)19)9-17(10)12-4-3-5-13(8-12)20-2/h3-6,8-9H,7H2,1-2H3. The van der Waals surface area contributed by atoms with Crippen molar-refractivity contribution in [1.29, 1.82) is 0 Å². The number of methoxy groups -OCH3 is 1. The summed E-state index contributed by atoms with van der Waals surface area (Å²) in [6, 6.07) is 8.94. The number of nitrogens with zero attached hydrogens (tertiary/aromatic N) is 1. The van der Waals surface area contributed by atoms with Crippen molar-refractivity contribution >= 4 is 16.8 Å². The molecular weight excluding hydrogens is 278 g/mol. The van der Waals surface area contributed by atoms with E-state index in [2.05, 4.69) is 0 Å². The fraction of sp³-hybridized carbons (Fsp3) is 0.200. The number of pyridine rings is 1. The fourth-order valence-corrected chi connectivity index (χ4v) is 2.14. The Morgan fingerprint density at radius 3 is 2.75 bits per heavy atom. The van der Waals surface area contributed by atoms with Crippen LogP contribution in [-0.4, -0.2) is 16.9 Å². The summed E-state index contributed by atoms with van der Waals surface area (Å²) in [5, 5.41) is -0.553. The van der Waals surface area contributed by atoms with Gasteiger partial charge in [-0.2, -0.15) is 0 Å². The van der Waals surface area contributed by atoms with Crippen LogP contribution in [0.15, 0.2) is 41.3 Å². The van der Waals surface area contributed by atoms with E-state index in [0.29, 0.717) is 5.56 Å². The van der Waals surface area contributed by atoms with E-state index in [1.807, 2.05) is 35.8 Å². The van der Waals surface area contributed by atoms with Crippen molar-refractivity contribution in [1.82, 2.24) is 4.57 Å². The minimum absolute atomic E-state index is 0.0787. The molecule has 0 aliphatic rings. The molecular formula is C15H14ClNO3. The molecule has 2 rings (SSSR count). The van der Waals surface area contributed by atoms with Crippen molar-refractivity contribution in [2.45, 2.75) is 13.3 Å². The summed E-state index contributed by atoms with van der Waals surface area (Å²) in [6.07, 6.45) is 1.57. The lowest BCUT2D eigenvalue weighted by atomic mass is 10.1. The number of hydrogen-bond donors (Lipinski definition) is 0. The Bertz CT molecular complexity index is 707. The highest BCUT2D eigenvalue weighted by atomic mass is 35.5. The lowest BCUT2D eigenvalue weighted by molar-refractivity contribution is -0.111. The molecule has 5 heteroatoms. The minimum Gasteiger partial charge on any atom is -0.497 e. The Kier molecular flexibility index (Phi) is 4.25. The van der Waals surface area contributed by atoms with Crippen LogP contribution < -0.4 is 10.2 Å². The van der Waals surface area contributed by atoms with Crippen molar-refractivity contribution in [3.05, 3.63) is 58.0 Å². The zero-order chi connectivity index (χ0) is 14.7. The van der Waals surface area contributed by atoms with Crippen molar-refractivity contribution < 1.29 is 9.53 Å². The number of hydrogen-bond acceptors (Lipinski definition) is 3. The number of benzene rings is 1. The normalized spacial score (nSPS) is 10.3. The minimum atomic E-state index is -0.553. The highest BCUT2D eigenvalue weighted by molar-refractivity contribution is 6.63. The summed E-state index contributed by atoms with van der Waals surface area (Å²) in [4.78, 5) is 22.8. The average molecular weight is 292 g/mol. The van der Waals surface area contributed by atoms with Crippen LogP contribution in [0.2, 0.25) is 0 Å². The zero-order valence-corrected chi connectivity index (χ0v) is 12.0. The third-order valence-corrected chi connectivity index (χ3v) is 3.12. The third-order valence-electron chi connectivity index (χ3n) is 2.98. The largest absolute Gasteiger partial charge is 0.497 e. The fourth-order valence-electron chi connectivity index (χ4n) is 1.99. The molecule has 0 aliphatic carbocycles. The van der Waals surface area contributed by atoms with E-state index in [4.69, 9.17) is 16.3 Å². The van der Waals surface area contributed by atoms with Gasteiger partial charge in [0, 0.05) is 35.3 Å². The molecule has 20 heavy (non-hydrogen) atoms. The molecule has 0 spiro atoms. The summed E-state index contributed by atoms with van der Waals surface area (Å²) < 4.78 is 7.02. The molecule has 0 aliphatic heterocycles. The van der Waals surface area contributed by atoms with Gasteiger partial charge in [0.1, 0.15) is 5.75 Å². The van der Waals surface area contributed by atoms with Gasteiger partial charge in [-0.3, -0.25) is 9.59 Å². The second kappa shape index (κ2) is 5.92. The number of ether oxygens (including phenoxy) is 1. The second-order valence-corrected chi connectivity index (χ2v) is 4.83. The van der Waals surface area contributed by atoms with E-state index in [9.17, 15) is 9.59 Å². The van der Waals surface area contributed by atoms with Gasteiger partial charge in [0.25, 0.3) is 0 Å². The van der Waals surface area contributed by atoms with E-state index < -0.39 is 5.24 Å². The lowest BCUT2D eigenvalue weighted by Gasteiger charge is -2.13. The van der Waals surface area contributed by atoms with Crippen molar-refractivity contribution in [3.63, 3.8) is 0 Å². The maximum Gasteiger partial charge on any atom is 0.226 e. The Labute approximate surface area is 121 Å². The highest BCUT2D eigenvalue weighted by Gasteiger charge is 2.09. The lowest BCUT2D eigenvalue weighted by Crippen LogP contribution is -2.15. The maximum atomic E-state index is 11.8. The van der Waals surface area contributed by atoms with Gasteiger partial charge < -0.3 is 9.30 Å². The first-order valence-corrected chi connectivity index (χ1v) is 6.44. The Morgan fingerprint density at radius 1 is 1.35 bits per heavy atom. The molecule has 1 heterocycles. The molecule has 0 saturated heterocycles. The quantitative estimate of drug-likeness (QED) is 0.813. The van der Waals surface area contributed by atoms with Gasteiger partial charge in [-0.15, -0.1) is 0 Å². The Morgan fingerprint density at radius 2 is 2.10 bits per heavy atom. The summed E-state index contributed by atoms with van der Waals surface area (Å²) in [5.74, 6) is 0.718. The topological polar surface area (TPSA) is 48.3 Å². The van der Waals surface area contributed by atoms with E-state index in [1.54, 1.807) is 13.3 Å². The zero-order valence-electron chi connectivity index (χ0n) is 11.2. The maximum absolute atomic E-state index is 11.8. The van der Waals surface area contributed by atoms with Crippen LogP contribution in [-0.2, 0) is 11.2 Å². The van der Waals surface area contributed by atoms with Gasteiger partial charge in [0.05, 0.1) is 13.5 Å². The summed E-state index contributed by atoms with van der Waals surface area (Å²) >= 11 is 5.36. The van der Waals surface area contributed by atoms with Crippen molar-refractivity contribution in [3.8, 4) is 11.4 Å². The molecule has 4 nitrogen and oxygen atoms in total. The van der Waals surface area contributed by atoms with Gasteiger partial charge in [-0.05, 0) is 30.7 Å².